The van der Waals surface area contributed by atoms with E-state index in [1.54, 1.807) is 0 Å². The van der Waals surface area contributed by atoms with E-state index in [-0.39, 0.29) is 17.5 Å². The summed E-state index contributed by atoms with van der Waals surface area (Å²) in [5.41, 5.74) is 1.90. The van der Waals surface area contributed by atoms with E-state index in [2.05, 4.69) is 5.32 Å². The summed E-state index contributed by atoms with van der Waals surface area (Å²) in [4.78, 5) is 12.1. The molecule has 2 aromatic carbocycles. The molecule has 1 amide bonds. The molecule has 0 aliphatic heterocycles. The van der Waals surface area contributed by atoms with Gasteiger partial charge in [-0.05, 0) is 48.2 Å². The number of halogens is 3. The summed E-state index contributed by atoms with van der Waals surface area (Å²) < 4.78 is 37.5. The van der Waals surface area contributed by atoms with E-state index in [0.29, 0.717) is 0 Å². The maximum atomic E-state index is 12.5. The van der Waals surface area contributed by atoms with Crippen LogP contribution in [0.15, 0.2) is 48.5 Å². The van der Waals surface area contributed by atoms with E-state index in [4.69, 9.17) is 0 Å². The molecule has 1 aliphatic rings. The zero-order valence-electron chi connectivity index (χ0n) is 11.7. The smallest absolute Gasteiger partial charge is 0.349 e. The number of alkyl halides is 3. The lowest BCUT2D eigenvalue weighted by molar-refractivity contribution is -0.137. The van der Waals surface area contributed by atoms with E-state index in [0.717, 1.165) is 25.0 Å². The zero-order valence-corrected chi connectivity index (χ0v) is 11.7. The predicted octanol–water partition coefficient (Wildman–Crippen LogP) is 3.60. The van der Waals surface area contributed by atoms with Gasteiger partial charge in [0, 0.05) is 11.6 Å². The Balaban J connectivity index is 1.66. The summed E-state index contributed by atoms with van der Waals surface area (Å²) in [6.45, 7) is 0. The molecule has 22 heavy (non-hydrogen) atoms. The fraction of sp³-hybridized carbons (Fsp3) is 0.235. The van der Waals surface area contributed by atoms with Crippen LogP contribution < -0.4 is 5.32 Å². The zero-order chi connectivity index (χ0) is 15.7. The van der Waals surface area contributed by atoms with Crippen molar-refractivity contribution in [1.29, 1.82) is 0 Å². The van der Waals surface area contributed by atoms with Crippen LogP contribution in [0.25, 0.3) is 0 Å². The van der Waals surface area contributed by atoms with E-state index in [1.807, 2.05) is 24.3 Å². The van der Waals surface area contributed by atoms with Crippen molar-refractivity contribution >= 4 is 5.91 Å². The first-order valence-corrected chi connectivity index (χ1v) is 6.98. The Kier molecular flexibility index (Phi) is 3.64. The highest BCUT2D eigenvalue weighted by Gasteiger charge is 2.30. The van der Waals surface area contributed by atoms with Crippen LogP contribution in [-0.4, -0.2) is 11.9 Å². The highest BCUT2D eigenvalue weighted by Crippen LogP contribution is 2.29. The number of rotatable bonds is 2. The van der Waals surface area contributed by atoms with Gasteiger partial charge in [0.05, 0.1) is 5.56 Å². The first kappa shape index (κ1) is 14.6. The number of hydrogen-bond donors (Lipinski definition) is 1. The van der Waals surface area contributed by atoms with Gasteiger partial charge in [-0.3, -0.25) is 4.79 Å². The van der Waals surface area contributed by atoms with Crippen molar-refractivity contribution in [3.8, 4) is 0 Å². The number of nitrogens with one attached hydrogen (secondary N) is 1. The quantitative estimate of drug-likeness (QED) is 0.902. The highest BCUT2D eigenvalue weighted by molar-refractivity contribution is 5.94. The third kappa shape index (κ3) is 2.98. The molecule has 0 aromatic heterocycles. The van der Waals surface area contributed by atoms with Crippen LogP contribution >= 0.6 is 0 Å². The molecular formula is C17H14F3NO. The summed E-state index contributed by atoms with van der Waals surface area (Å²) in [6, 6.07) is 12.2. The molecule has 3 rings (SSSR count). The molecule has 0 saturated heterocycles. The Labute approximate surface area is 126 Å². The topological polar surface area (TPSA) is 29.1 Å². The van der Waals surface area contributed by atoms with Gasteiger partial charge in [-0.25, -0.2) is 0 Å². The Morgan fingerprint density at radius 3 is 2.00 bits per heavy atom. The molecule has 0 heterocycles. The number of carbonyl (C=O) groups is 1. The van der Waals surface area contributed by atoms with Gasteiger partial charge in [-0.1, -0.05) is 24.3 Å². The number of hydrogen-bond acceptors (Lipinski definition) is 1. The van der Waals surface area contributed by atoms with E-state index in [9.17, 15) is 18.0 Å². The van der Waals surface area contributed by atoms with Crippen molar-refractivity contribution in [2.24, 2.45) is 0 Å². The second kappa shape index (κ2) is 5.48. The Bertz CT molecular complexity index is 667. The van der Waals surface area contributed by atoms with Crippen LogP contribution in [0.3, 0.4) is 0 Å². The molecule has 0 saturated carbocycles. The van der Waals surface area contributed by atoms with E-state index >= 15 is 0 Å². The number of fused-ring (bicyclic) bond motifs is 1. The minimum Gasteiger partial charge on any atom is -0.349 e. The molecule has 114 valence electrons. The molecule has 1 N–H and O–H groups in total. The van der Waals surface area contributed by atoms with Crippen LogP contribution in [0.4, 0.5) is 13.2 Å². The van der Waals surface area contributed by atoms with Gasteiger partial charge >= 0.3 is 6.18 Å². The molecular weight excluding hydrogens is 291 g/mol. The van der Waals surface area contributed by atoms with Crippen LogP contribution in [0, 0.1) is 0 Å². The minimum absolute atomic E-state index is 0.00723. The molecule has 2 aromatic rings. The second-order valence-electron chi connectivity index (χ2n) is 5.42. The lowest BCUT2D eigenvalue weighted by atomic mass is 10.1. The fourth-order valence-corrected chi connectivity index (χ4v) is 2.74. The first-order chi connectivity index (χ1) is 10.4. The summed E-state index contributed by atoms with van der Waals surface area (Å²) in [7, 11) is 0. The summed E-state index contributed by atoms with van der Waals surface area (Å²) in [5, 5.41) is 2.88. The molecule has 1 aliphatic carbocycles. The average Bonchev–Trinajstić information content (AvgIpc) is 2.88. The van der Waals surface area contributed by atoms with Crippen LogP contribution in [0.1, 0.15) is 27.0 Å². The Morgan fingerprint density at radius 1 is 0.955 bits per heavy atom. The molecule has 0 atom stereocenters. The fourth-order valence-electron chi connectivity index (χ4n) is 2.74. The molecule has 5 heteroatoms. The van der Waals surface area contributed by atoms with Crippen molar-refractivity contribution < 1.29 is 18.0 Å². The lowest BCUT2D eigenvalue weighted by Gasteiger charge is -2.13. The highest BCUT2D eigenvalue weighted by atomic mass is 19.4. The van der Waals surface area contributed by atoms with Crippen molar-refractivity contribution in [2.75, 3.05) is 0 Å². The van der Waals surface area contributed by atoms with Gasteiger partial charge in [0.15, 0.2) is 0 Å². The first-order valence-electron chi connectivity index (χ1n) is 6.98. The standard InChI is InChI=1S/C17H14F3NO/c18-17(19,20)14-7-5-11(6-8-14)16(22)21-15-9-12-3-1-2-4-13(12)10-15/h1-8,15H,9-10H2,(H,21,22). The summed E-state index contributed by atoms with van der Waals surface area (Å²) in [6.07, 6.45) is -2.88. The largest absolute Gasteiger partial charge is 0.416 e. The SMILES string of the molecule is O=C(NC1Cc2ccccc2C1)c1ccc(C(F)(F)F)cc1. The molecule has 0 fully saturated rings. The van der Waals surface area contributed by atoms with Crippen LogP contribution in [0.2, 0.25) is 0 Å². The van der Waals surface area contributed by atoms with Crippen molar-refractivity contribution in [3.63, 3.8) is 0 Å². The van der Waals surface area contributed by atoms with Gasteiger partial charge in [-0.15, -0.1) is 0 Å². The van der Waals surface area contributed by atoms with Gasteiger partial charge in [0.25, 0.3) is 5.91 Å². The minimum atomic E-state index is -4.39. The Hall–Kier alpha value is -2.30. The van der Waals surface area contributed by atoms with Crippen molar-refractivity contribution in [3.05, 3.63) is 70.8 Å². The molecule has 0 spiro atoms. The van der Waals surface area contributed by atoms with Gasteiger partial charge < -0.3 is 5.32 Å². The number of carbonyl (C=O) groups excluding carboxylic acids is 1. The monoisotopic (exact) mass is 305 g/mol. The van der Waals surface area contributed by atoms with Crippen molar-refractivity contribution in [2.45, 2.75) is 25.1 Å². The number of amides is 1. The summed E-state index contributed by atoms with van der Waals surface area (Å²) in [5.74, 6) is -0.341. The normalized spacial score (nSPS) is 14.7. The van der Waals surface area contributed by atoms with E-state index in [1.165, 1.54) is 23.3 Å². The maximum Gasteiger partial charge on any atom is 0.416 e. The van der Waals surface area contributed by atoms with Crippen LogP contribution in [0.5, 0.6) is 0 Å². The van der Waals surface area contributed by atoms with E-state index < -0.39 is 11.7 Å². The van der Waals surface area contributed by atoms with Gasteiger partial charge in [-0.2, -0.15) is 13.2 Å². The second-order valence-corrected chi connectivity index (χ2v) is 5.42. The summed E-state index contributed by atoms with van der Waals surface area (Å²) >= 11 is 0. The van der Waals surface area contributed by atoms with Crippen molar-refractivity contribution in [1.82, 2.24) is 5.32 Å². The maximum absolute atomic E-state index is 12.5. The van der Waals surface area contributed by atoms with Gasteiger partial charge in [0.2, 0.25) is 0 Å². The molecule has 0 bridgehead atoms. The number of benzene rings is 2. The molecule has 0 radical (unpaired) electrons. The third-order valence-electron chi connectivity index (χ3n) is 3.86. The lowest BCUT2D eigenvalue weighted by Crippen LogP contribution is -2.35. The molecule has 0 unspecified atom stereocenters. The average molecular weight is 305 g/mol. The Morgan fingerprint density at radius 2 is 1.50 bits per heavy atom. The predicted molar refractivity (Wildman–Crippen MR) is 76.5 cm³/mol. The van der Waals surface area contributed by atoms with Crippen LogP contribution in [-0.2, 0) is 19.0 Å². The third-order valence-corrected chi connectivity index (χ3v) is 3.86. The molecule has 2 nitrogen and oxygen atoms in total. The van der Waals surface area contributed by atoms with Gasteiger partial charge in [0.1, 0.15) is 0 Å².